The molecule has 0 atom stereocenters. The second kappa shape index (κ2) is 10.4. The van der Waals surface area contributed by atoms with Crippen LogP contribution in [0.2, 0.25) is 0 Å². The van der Waals surface area contributed by atoms with Crippen molar-refractivity contribution in [3.63, 3.8) is 0 Å². The van der Waals surface area contributed by atoms with Gasteiger partial charge in [0.15, 0.2) is 0 Å². The number of anilines is 1. The molecule has 2 aromatic rings. The molecule has 6 nitrogen and oxygen atoms in total. The standard InChI is InChI=1S/C24H28FNO5/c1-3-4-13-31-21-10-9-17(16-18(21)22(27)29-2)26-23(28)24(11-14-30-15-12-24)19-7-5-6-8-20(19)25/h5-10,16H,3-4,11-15H2,1-2H3,(H,26,28). The molecule has 1 fully saturated rings. The first kappa shape index (κ1) is 22.7. The molecule has 1 saturated heterocycles. The van der Waals surface area contributed by atoms with Crippen LogP contribution < -0.4 is 10.1 Å². The largest absolute Gasteiger partial charge is 0.493 e. The number of nitrogens with one attached hydrogen (secondary N) is 1. The fourth-order valence-corrected chi connectivity index (χ4v) is 3.77. The number of esters is 1. The predicted octanol–water partition coefficient (Wildman–Crippen LogP) is 4.48. The molecule has 1 aliphatic heterocycles. The number of carbonyl (C=O) groups excluding carboxylic acids is 2. The number of halogens is 1. The van der Waals surface area contributed by atoms with Crippen molar-refractivity contribution in [1.29, 1.82) is 0 Å². The number of benzene rings is 2. The van der Waals surface area contributed by atoms with E-state index < -0.39 is 17.2 Å². The number of unbranched alkanes of at least 4 members (excludes halogenated alkanes) is 1. The molecule has 31 heavy (non-hydrogen) atoms. The summed E-state index contributed by atoms with van der Waals surface area (Å²) in [6.45, 7) is 3.24. The van der Waals surface area contributed by atoms with Gasteiger partial charge in [-0.15, -0.1) is 0 Å². The van der Waals surface area contributed by atoms with E-state index in [0.29, 0.717) is 49.7 Å². The second-order valence-corrected chi connectivity index (χ2v) is 7.53. The Kier molecular flexibility index (Phi) is 7.63. The fraction of sp³-hybridized carbons (Fsp3) is 0.417. The summed E-state index contributed by atoms with van der Waals surface area (Å²) in [5, 5.41) is 2.87. The number of ether oxygens (including phenoxy) is 3. The highest BCUT2D eigenvalue weighted by Gasteiger charge is 2.43. The first-order chi connectivity index (χ1) is 15.0. The Morgan fingerprint density at radius 3 is 2.58 bits per heavy atom. The van der Waals surface area contributed by atoms with E-state index in [0.717, 1.165) is 12.8 Å². The lowest BCUT2D eigenvalue weighted by molar-refractivity contribution is -0.125. The summed E-state index contributed by atoms with van der Waals surface area (Å²) >= 11 is 0. The minimum absolute atomic E-state index is 0.225. The molecule has 1 amide bonds. The molecule has 3 rings (SSSR count). The van der Waals surface area contributed by atoms with Crippen molar-refractivity contribution in [1.82, 2.24) is 0 Å². The van der Waals surface area contributed by atoms with Gasteiger partial charge in [-0.2, -0.15) is 0 Å². The smallest absolute Gasteiger partial charge is 0.341 e. The van der Waals surface area contributed by atoms with Gasteiger partial charge in [-0.05, 0) is 43.5 Å². The Labute approximate surface area is 181 Å². The zero-order chi connectivity index (χ0) is 22.3. The molecule has 0 aliphatic carbocycles. The number of rotatable bonds is 8. The van der Waals surface area contributed by atoms with Crippen molar-refractivity contribution in [3.8, 4) is 5.75 Å². The molecule has 1 N–H and O–H groups in total. The molecular formula is C24H28FNO5. The van der Waals surface area contributed by atoms with Crippen LogP contribution in [-0.4, -0.2) is 38.8 Å². The Balaban J connectivity index is 1.90. The van der Waals surface area contributed by atoms with Crippen LogP contribution in [0.25, 0.3) is 0 Å². The minimum Gasteiger partial charge on any atom is -0.493 e. The van der Waals surface area contributed by atoms with Gasteiger partial charge in [-0.25, -0.2) is 9.18 Å². The van der Waals surface area contributed by atoms with Gasteiger partial charge in [-0.1, -0.05) is 31.5 Å². The average Bonchev–Trinajstić information content (AvgIpc) is 2.80. The first-order valence-electron chi connectivity index (χ1n) is 10.5. The van der Waals surface area contributed by atoms with E-state index in [1.807, 2.05) is 6.92 Å². The number of methoxy groups -OCH3 is 1. The fourth-order valence-electron chi connectivity index (χ4n) is 3.77. The molecule has 166 valence electrons. The summed E-state index contributed by atoms with van der Waals surface area (Å²) in [5.74, 6) is -0.920. The average molecular weight is 429 g/mol. The predicted molar refractivity (Wildman–Crippen MR) is 115 cm³/mol. The highest BCUT2D eigenvalue weighted by molar-refractivity contribution is 6.01. The van der Waals surface area contributed by atoms with E-state index in [1.54, 1.807) is 30.3 Å². The monoisotopic (exact) mass is 429 g/mol. The van der Waals surface area contributed by atoms with Gasteiger partial charge in [0.05, 0.1) is 19.1 Å². The van der Waals surface area contributed by atoms with Crippen molar-refractivity contribution >= 4 is 17.6 Å². The van der Waals surface area contributed by atoms with Gasteiger partial charge >= 0.3 is 5.97 Å². The maximum Gasteiger partial charge on any atom is 0.341 e. The van der Waals surface area contributed by atoms with Crippen molar-refractivity contribution in [2.45, 2.75) is 38.0 Å². The Hall–Kier alpha value is -2.93. The van der Waals surface area contributed by atoms with E-state index in [1.165, 1.54) is 19.2 Å². The topological polar surface area (TPSA) is 73.9 Å². The van der Waals surface area contributed by atoms with Gasteiger partial charge in [0.25, 0.3) is 0 Å². The van der Waals surface area contributed by atoms with Crippen LogP contribution >= 0.6 is 0 Å². The van der Waals surface area contributed by atoms with E-state index in [4.69, 9.17) is 14.2 Å². The van der Waals surface area contributed by atoms with E-state index in [9.17, 15) is 14.0 Å². The van der Waals surface area contributed by atoms with Crippen LogP contribution in [0.5, 0.6) is 5.75 Å². The zero-order valence-electron chi connectivity index (χ0n) is 17.9. The van der Waals surface area contributed by atoms with Gasteiger partial charge in [0.1, 0.15) is 17.1 Å². The van der Waals surface area contributed by atoms with E-state index in [2.05, 4.69) is 5.32 Å². The molecule has 0 saturated carbocycles. The molecule has 0 radical (unpaired) electrons. The second-order valence-electron chi connectivity index (χ2n) is 7.53. The van der Waals surface area contributed by atoms with Gasteiger partial charge in [0, 0.05) is 24.5 Å². The molecule has 1 aliphatic rings. The molecule has 0 aromatic heterocycles. The van der Waals surface area contributed by atoms with Crippen LogP contribution in [0.1, 0.15) is 48.5 Å². The Morgan fingerprint density at radius 1 is 1.16 bits per heavy atom. The molecule has 2 aromatic carbocycles. The lowest BCUT2D eigenvalue weighted by atomic mass is 9.73. The van der Waals surface area contributed by atoms with Crippen LogP contribution in [0.4, 0.5) is 10.1 Å². The maximum absolute atomic E-state index is 14.6. The molecule has 0 unspecified atom stereocenters. The van der Waals surface area contributed by atoms with Crippen molar-refractivity contribution in [2.75, 3.05) is 32.2 Å². The lowest BCUT2D eigenvalue weighted by Crippen LogP contribution is -2.45. The summed E-state index contributed by atoms with van der Waals surface area (Å²) in [7, 11) is 1.29. The third-order valence-electron chi connectivity index (χ3n) is 5.57. The summed E-state index contributed by atoms with van der Waals surface area (Å²) in [6.07, 6.45) is 2.54. The lowest BCUT2D eigenvalue weighted by Gasteiger charge is -2.36. The van der Waals surface area contributed by atoms with Crippen LogP contribution in [-0.2, 0) is 19.7 Å². The van der Waals surface area contributed by atoms with Crippen LogP contribution in [0.15, 0.2) is 42.5 Å². The highest BCUT2D eigenvalue weighted by Crippen LogP contribution is 2.38. The molecule has 7 heteroatoms. The molecule has 0 bridgehead atoms. The maximum atomic E-state index is 14.6. The number of hydrogen-bond acceptors (Lipinski definition) is 5. The number of amides is 1. The van der Waals surface area contributed by atoms with Crippen LogP contribution in [0.3, 0.4) is 0 Å². The van der Waals surface area contributed by atoms with Gasteiger partial charge in [0.2, 0.25) is 5.91 Å². The molecule has 0 spiro atoms. The summed E-state index contributed by atoms with van der Waals surface area (Å²) < 4.78 is 30.6. The third-order valence-corrected chi connectivity index (χ3v) is 5.57. The first-order valence-corrected chi connectivity index (χ1v) is 10.5. The summed E-state index contributed by atoms with van der Waals surface area (Å²) in [5.41, 5.74) is -0.0621. The van der Waals surface area contributed by atoms with E-state index >= 15 is 0 Å². The minimum atomic E-state index is -1.05. The van der Waals surface area contributed by atoms with Gasteiger partial charge in [-0.3, -0.25) is 4.79 Å². The number of hydrogen-bond donors (Lipinski definition) is 1. The SMILES string of the molecule is CCCCOc1ccc(NC(=O)C2(c3ccccc3F)CCOCC2)cc1C(=O)OC. The van der Waals surface area contributed by atoms with Gasteiger partial charge < -0.3 is 19.5 Å². The quantitative estimate of drug-likeness (QED) is 0.495. The normalized spacial score (nSPS) is 15.2. The summed E-state index contributed by atoms with van der Waals surface area (Å²) in [6, 6.07) is 11.2. The Bertz CT molecular complexity index is 924. The van der Waals surface area contributed by atoms with E-state index in [-0.39, 0.29) is 11.5 Å². The van der Waals surface area contributed by atoms with Crippen molar-refractivity contribution in [2.24, 2.45) is 0 Å². The summed E-state index contributed by atoms with van der Waals surface area (Å²) in [4.78, 5) is 25.7. The van der Waals surface area contributed by atoms with Crippen molar-refractivity contribution in [3.05, 3.63) is 59.4 Å². The Morgan fingerprint density at radius 2 is 1.90 bits per heavy atom. The molecule has 1 heterocycles. The van der Waals surface area contributed by atoms with Crippen LogP contribution in [0, 0.1) is 5.82 Å². The molecular weight excluding hydrogens is 401 g/mol. The zero-order valence-corrected chi connectivity index (χ0v) is 17.9. The number of carbonyl (C=O) groups is 2. The van der Waals surface area contributed by atoms with Crippen molar-refractivity contribution < 1.29 is 28.2 Å². The third kappa shape index (κ3) is 5.05. The highest BCUT2D eigenvalue weighted by atomic mass is 19.1.